The summed E-state index contributed by atoms with van der Waals surface area (Å²) in [6.07, 6.45) is 0.486. The molecule has 4 nitrogen and oxygen atoms in total. The standard InChI is InChI=1S/C26H28Cl2N2O2/c1-17(2)11-25(31)30-23-6-4-5-22(14-23)29-15-20-12-21(27)13-24(28)26(20)32-16-19-9-7-18(3)8-10-19/h4-10,12-14,17,29H,11,15-16H2,1-3H3,(H,30,31). The molecule has 0 fully saturated rings. The quantitative estimate of drug-likeness (QED) is 0.340. The highest BCUT2D eigenvalue weighted by Crippen LogP contribution is 2.34. The normalized spacial score (nSPS) is 10.8. The van der Waals surface area contributed by atoms with Crippen LogP contribution in [0.2, 0.25) is 10.0 Å². The number of aryl methyl sites for hydroxylation is 1. The van der Waals surface area contributed by atoms with Crippen molar-refractivity contribution < 1.29 is 9.53 Å². The smallest absolute Gasteiger partial charge is 0.224 e. The summed E-state index contributed by atoms with van der Waals surface area (Å²) in [5.74, 6) is 0.915. The van der Waals surface area contributed by atoms with Crippen LogP contribution in [0.3, 0.4) is 0 Å². The number of hydrogen-bond acceptors (Lipinski definition) is 3. The molecule has 0 aromatic heterocycles. The maximum Gasteiger partial charge on any atom is 0.224 e. The zero-order valence-corrected chi connectivity index (χ0v) is 20.1. The Balaban J connectivity index is 1.70. The second-order valence-electron chi connectivity index (χ2n) is 8.23. The maximum absolute atomic E-state index is 12.1. The predicted molar refractivity (Wildman–Crippen MR) is 134 cm³/mol. The van der Waals surface area contributed by atoms with Crippen molar-refractivity contribution in [3.05, 3.63) is 87.4 Å². The van der Waals surface area contributed by atoms with Crippen molar-refractivity contribution >= 4 is 40.5 Å². The van der Waals surface area contributed by atoms with E-state index in [1.54, 1.807) is 6.07 Å². The van der Waals surface area contributed by atoms with Crippen LogP contribution in [0, 0.1) is 12.8 Å². The first-order chi connectivity index (χ1) is 15.3. The van der Waals surface area contributed by atoms with E-state index in [-0.39, 0.29) is 5.91 Å². The highest BCUT2D eigenvalue weighted by molar-refractivity contribution is 6.35. The summed E-state index contributed by atoms with van der Waals surface area (Å²) >= 11 is 12.7. The van der Waals surface area contributed by atoms with E-state index in [2.05, 4.69) is 29.7 Å². The molecule has 0 bridgehead atoms. The molecule has 32 heavy (non-hydrogen) atoms. The number of ether oxygens (including phenoxy) is 1. The molecule has 0 heterocycles. The number of hydrogen-bond donors (Lipinski definition) is 2. The van der Waals surface area contributed by atoms with E-state index < -0.39 is 0 Å². The molecule has 0 aliphatic rings. The van der Waals surface area contributed by atoms with Crippen LogP contribution in [0.15, 0.2) is 60.7 Å². The van der Waals surface area contributed by atoms with Crippen molar-refractivity contribution in [1.29, 1.82) is 0 Å². The molecule has 6 heteroatoms. The van der Waals surface area contributed by atoms with Crippen LogP contribution in [0.5, 0.6) is 5.75 Å². The Morgan fingerprint density at radius 1 is 1.00 bits per heavy atom. The molecule has 0 aliphatic carbocycles. The van der Waals surface area contributed by atoms with Crippen molar-refractivity contribution in [1.82, 2.24) is 0 Å². The largest absolute Gasteiger partial charge is 0.487 e. The lowest BCUT2D eigenvalue weighted by Crippen LogP contribution is -2.14. The van der Waals surface area contributed by atoms with Gasteiger partial charge in [0.05, 0.1) is 5.02 Å². The second-order valence-corrected chi connectivity index (χ2v) is 9.07. The molecular formula is C26H28Cl2N2O2. The number of halogens is 2. The zero-order chi connectivity index (χ0) is 23.1. The third-order valence-electron chi connectivity index (χ3n) is 4.81. The van der Waals surface area contributed by atoms with Gasteiger partial charge in [0.25, 0.3) is 0 Å². The van der Waals surface area contributed by atoms with E-state index in [0.717, 1.165) is 22.5 Å². The summed E-state index contributed by atoms with van der Waals surface area (Å²) in [7, 11) is 0. The number of carbonyl (C=O) groups excluding carboxylic acids is 1. The minimum Gasteiger partial charge on any atom is -0.487 e. The molecule has 0 saturated carbocycles. The number of benzene rings is 3. The van der Waals surface area contributed by atoms with Crippen LogP contribution in [0.1, 0.15) is 37.0 Å². The van der Waals surface area contributed by atoms with Gasteiger partial charge >= 0.3 is 0 Å². The van der Waals surface area contributed by atoms with Crippen LogP contribution in [-0.2, 0) is 17.9 Å². The lowest BCUT2D eigenvalue weighted by Gasteiger charge is -2.16. The van der Waals surface area contributed by atoms with E-state index in [4.69, 9.17) is 27.9 Å². The fraction of sp³-hybridized carbons (Fsp3) is 0.269. The summed E-state index contributed by atoms with van der Waals surface area (Å²) in [6, 6.07) is 19.3. The first-order valence-corrected chi connectivity index (χ1v) is 11.4. The van der Waals surface area contributed by atoms with Gasteiger partial charge in [-0.15, -0.1) is 0 Å². The van der Waals surface area contributed by atoms with Crippen LogP contribution in [0.4, 0.5) is 11.4 Å². The Hall–Kier alpha value is -2.69. The van der Waals surface area contributed by atoms with Crippen molar-refractivity contribution in [3.8, 4) is 5.75 Å². The number of amides is 1. The molecule has 3 rings (SSSR count). The van der Waals surface area contributed by atoms with Crippen LogP contribution in [-0.4, -0.2) is 5.91 Å². The van der Waals surface area contributed by atoms with Crippen LogP contribution >= 0.6 is 23.2 Å². The van der Waals surface area contributed by atoms with Crippen LogP contribution < -0.4 is 15.4 Å². The first kappa shape index (κ1) is 24.0. The Morgan fingerprint density at radius 2 is 1.72 bits per heavy atom. The predicted octanol–water partition coefficient (Wildman–Crippen LogP) is 7.48. The minimum atomic E-state index is 0.00515. The van der Waals surface area contributed by atoms with Gasteiger partial charge in [0.2, 0.25) is 5.91 Å². The van der Waals surface area contributed by atoms with Gasteiger partial charge in [-0.05, 0) is 48.7 Å². The number of rotatable bonds is 9. The van der Waals surface area contributed by atoms with Gasteiger partial charge < -0.3 is 15.4 Å². The van der Waals surface area contributed by atoms with Gasteiger partial charge in [-0.25, -0.2) is 0 Å². The van der Waals surface area contributed by atoms with Gasteiger partial charge in [0.15, 0.2) is 0 Å². The Morgan fingerprint density at radius 3 is 2.44 bits per heavy atom. The van der Waals surface area contributed by atoms with E-state index in [0.29, 0.717) is 41.3 Å². The molecule has 0 unspecified atom stereocenters. The van der Waals surface area contributed by atoms with Crippen molar-refractivity contribution in [3.63, 3.8) is 0 Å². The molecule has 0 spiro atoms. The first-order valence-electron chi connectivity index (χ1n) is 10.6. The molecule has 0 saturated heterocycles. The fourth-order valence-corrected chi connectivity index (χ4v) is 3.82. The SMILES string of the molecule is Cc1ccc(COc2c(Cl)cc(Cl)cc2CNc2cccc(NC(=O)CC(C)C)c2)cc1. The third kappa shape index (κ3) is 7.18. The highest BCUT2D eigenvalue weighted by atomic mass is 35.5. The van der Waals surface area contributed by atoms with Gasteiger partial charge in [-0.3, -0.25) is 4.79 Å². The van der Waals surface area contributed by atoms with Gasteiger partial charge in [-0.1, -0.05) is 72.9 Å². The molecule has 0 radical (unpaired) electrons. The molecule has 3 aromatic carbocycles. The molecule has 0 atom stereocenters. The van der Waals surface area contributed by atoms with E-state index in [9.17, 15) is 4.79 Å². The molecule has 3 aromatic rings. The summed E-state index contributed by atoms with van der Waals surface area (Å²) in [4.78, 5) is 12.1. The molecule has 168 valence electrons. The molecule has 1 amide bonds. The maximum atomic E-state index is 12.1. The minimum absolute atomic E-state index is 0.00515. The highest BCUT2D eigenvalue weighted by Gasteiger charge is 2.12. The number of carbonyl (C=O) groups is 1. The summed E-state index contributed by atoms with van der Waals surface area (Å²) in [5, 5.41) is 7.32. The Bertz CT molecular complexity index is 1070. The lowest BCUT2D eigenvalue weighted by atomic mass is 10.1. The van der Waals surface area contributed by atoms with Gasteiger partial charge in [-0.2, -0.15) is 0 Å². The zero-order valence-electron chi connectivity index (χ0n) is 18.5. The van der Waals surface area contributed by atoms with Gasteiger partial charge in [0, 0.05) is 34.9 Å². The summed E-state index contributed by atoms with van der Waals surface area (Å²) < 4.78 is 6.06. The second kappa shape index (κ2) is 11.3. The van der Waals surface area contributed by atoms with Crippen molar-refractivity contribution in [2.45, 2.75) is 40.3 Å². The topological polar surface area (TPSA) is 50.4 Å². The Kier molecular flexibility index (Phi) is 8.43. The third-order valence-corrected chi connectivity index (χ3v) is 5.31. The van der Waals surface area contributed by atoms with Crippen molar-refractivity contribution in [2.24, 2.45) is 5.92 Å². The number of nitrogens with one attached hydrogen (secondary N) is 2. The molecule has 0 aliphatic heterocycles. The summed E-state index contributed by atoms with van der Waals surface area (Å²) in [5.41, 5.74) is 4.73. The average Bonchev–Trinajstić information content (AvgIpc) is 2.72. The van der Waals surface area contributed by atoms with E-state index in [1.807, 2.05) is 56.3 Å². The monoisotopic (exact) mass is 470 g/mol. The summed E-state index contributed by atoms with van der Waals surface area (Å²) in [6.45, 7) is 6.96. The van der Waals surface area contributed by atoms with E-state index >= 15 is 0 Å². The van der Waals surface area contributed by atoms with Crippen molar-refractivity contribution in [2.75, 3.05) is 10.6 Å². The van der Waals surface area contributed by atoms with E-state index in [1.165, 1.54) is 5.56 Å². The molecule has 2 N–H and O–H groups in total. The van der Waals surface area contributed by atoms with Gasteiger partial charge in [0.1, 0.15) is 12.4 Å². The fourth-order valence-electron chi connectivity index (χ4n) is 3.23. The average molecular weight is 471 g/mol. The Labute approximate surface area is 199 Å². The number of anilines is 2. The molecular weight excluding hydrogens is 443 g/mol. The lowest BCUT2D eigenvalue weighted by molar-refractivity contribution is -0.116. The van der Waals surface area contributed by atoms with Crippen LogP contribution in [0.25, 0.3) is 0 Å².